The van der Waals surface area contributed by atoms with Crippen LogP contribution in [0.2, 0.25) is 0 Å². The van der Waals surface area contributed by atoms with Crippen molar-refractivity contribution in [2.24, 2.45) is 0 Å². The first-order valence-electron chi connectivity index (χ1n) is 10.8. The third-order valence-electron chi connectivity index (χ3n) is 6.56. The summed E-state index contributed by atoms with van der Waals surface area (Å²) in [5, 5.41) is 3.54. The number of ketones is 1. The minimum absolute atomic E-state index is 0.163. The van der Waals surface area contributed by atoms with E-state index in [2.05, 4.69) is 59.3 Å². The number of nitrogens with zero attached hydrogens (tertiary/aromatic N) is 2. The predicted molar refractivity (Wildman–Crippen MR) is 123 cm³/mol. The molecule has 4 nitrogen and oxygen atoms in total. The Labute approximate surface area is 181 Å². The number of hydrogen-bond donors (Lipinski definition) is 1. The number of imidazole rings is 1. The first kappa shape index (κ1) is 18.1. The van der Waals surface area contributed by atoms with Gasteiger partial charge in [-0.15, -0.1) is 0 Å². The summed E-state index contributed by atoms with van der Waals surface area (Å²) in [6.45, 7) is 2.09. The Bertz CT molecular complexity index is 1330. The van der Waals surface area contributed by atoms with Gasteiger partial charge in [0, 0.05) is 17.7 Å². The molecule has 0 unspecified atom stereocenters. The van der Waals surface area contributed by atoms with Gasteiger partial charge in [-0.25, -0.2) is 4.98 Å². The van der Waals surface area contributed by atoms with Crippen LogP contribution < -0.4 is 5.32 Å². The average Bonchev–Trinajstić information content (AvgIpc) is 3.17. The van der Waals surface area contributed by atoms with E-state index in [1.54, 1.807) is 0 Å². The lowest BCUT2D eigenvalue weighted by molar-refractivity contribution is -0.116. The Morgan fingerprint density at radius 1 is 0.871 bits per heavy atom. The number of aryl methyl sites for hydroxylation is 1. The average molecular weight is 406 g/mol. The number of carbonyl (C=O) groups excluding carboxylic acids is 1. The lowest BCUT2D eigenvalue weighted by atomic mass is 9.77. The van der Waals surface area contributed by atoms with Crippen LogP contribution in [-0.2, 0) is 4.79 Å². The van der Waals surface area contributed by atoms with Crippen LogP contribution >= 0.6 is 0 Å². The number of aromatic nitrogens is 2. The van der Waals surface area contributed by atoms with E-state index in [1.165, 1.54) is 11.1 Å². The minimum Gasteiger partial charge on any atom is -0.329 e. The minimum atomic E-state index is -0.163. The highest BCUT2D eigenvalue weighted by Crippen LogP contribution is 2.45. The van der Waals surface area contributed by atoms with E-state index in [9.17, 15) is 4.79 Å². The first-order chi connectivity index (χ1) is 15.2. The predicted octanol–water partition coefficient (Wildman–Crippen LogP) is 5.76. The Morgan fingerprint density at radius 3 is 2.42 bits per heavy atom. The number of anilines is 1. The standard InChI is InChI=1S/C27H23N3O/c1-17-11-13-19(14-12-17)26-25-22(15-20(16-24(25)31)18-7-3-2-4-8-18)29-27-28-21-9-5-6-10-23(21)30(26)27/h2-14,20,26H,15-16H2,1H3,(H,28,29)/t20-,26-/m0/s1. The van der Waals surface area contributed by atoms with Crippen LogP contribution in [0.1, 0.15) is 41.5 Å². The molecule has 0 bridgehead atoms. The third kappa shape index (κ3) is 2.90. The molecule has 0 saturated heterocycles. The van der Waals surface area contributed by atoms with Crippen molar-refractivity contribution in [1.82, 2.24) is 9.55 Å². The second kappa shape index (κ2) is 6.95. The van der Waals surface area contributed by atoms with Gasteiger partial charge in [0.25, 0.3) is 0 Å². The van der Waals surface area contributed by atoms with E-state index in [1.807, 2.05) is 36.4 Å². The van der Waals surface area contributed by atoms with Gasteiger partial charge in [-0.1, -0.05) is 72.3 Å². The molecule has 4 aromatic rings. The van der Waals surface area contributed by atoms with Crippen molar-refractivity contribution in [3.8, 4) is 0 Å². The van der Waals surface area contributed by atoms with Crippen LogP contribution in [-0.4, -0.2) is 15.3 Å². The van der Waals surface area contributed by atoms with Crippen LogP contribution in [0, 0.1) is 6.92 Å². The summed E-state index contributed by atoms with van der Waals surface area (Å²) in [5.41, 5.74) is 7.42. The molecule has 0 radical (unpaired) electrons. The maximum Gasteiger partial charge on any atom is 0.209 e. The van der Waals surface area contributed by atoms with E-state index in [-0.39, 0.29) is 17.7 Å². The summed E-state index contributed by atoms with van der Waals surface area (Å²) in [4.78, 5) is 18.5. The van der Waals surface area contributed by atoms with Crippen molar-refractivity contribution >= 4 is 22.8 Å². The molecule has 2 atom stereocenters. The molecule has 6 rings (SSSR count). The second-order valence-electron chi connectivity index (χ2n) is 8.56. The number of hydrogen-bond acceptors (Lipinski definition) is 3. The van der Waals surface area contributed by atoms with Crippen LogP contribution in [0.3, 0.4) is 0 Å². The monoisotopic (exact) mass is 405 g/mol. The van der Waals surface area contributed by atoms with Crippen molar-refractivity contribution in [3.63, 3.8) is 0 Å². The molecule has 1 N–H and O–H groups in total. The molecule has 1 aliphatic heterocycles. The Morgan fingerprint density at radius 2 is 1.61 bits per heavy atom. The normalized spacial score (nSPS) is 20.4. The molecular formula is C27H23N3O. The van der Waals surface area contributed by atoms with Gasteiger partial charge < -0.3 is 5.32 Å². The molecule has 2 heterocycles. The van der Waals surface area contributed by atoms with Crippen molar-refractivity contribution < 1.29 is 4.79 Å². The quantitative estimate of drug-likeness (QED) is 0.461. The fourth-order valence-corrected chi connectivity index (χ4v) is 5.05. The molecule has 4 heteroatoms. The molecule has 2 aliphatic rings. The zero-order valence-corrected chi connectivity index (χ0v) is 17.4. The lowest BCUT2D eigenvalue weighted by Crippen LogP contribution is -2.33. The molecule has 152 valence electrons. The fourth-order valence-electron chi connectivity index (χ4n) is 5.05. The van der Waals surface area contributed by atoms with Gasteiger partial charge in [-0.3, -0.25) is 9.36 Å². The van der Waals surface area contributed by atoms with Crippen LogP contribution in [0.5, 0.6) is 0 Å². The number of fused-ring (bicyclic) bond motifs is 3. The van der Waals surface area contributed by atoms with E-state index in [0.29, 0.717) is 6.42 Å². The third-order valence-corrected chi connectivity index (χ3v) is 6.56. The van der Waals surface area contributed by atoms with Gasteiger partial charge in [0.15, 0.2) is 5.78 Å². The van der Waals surface area contributed by atoms with Crippen molar-refractivity contribution in [2.45, 2.75) is 31.7 Å². The number of Topliss-reactive ketones (excluding diaryl/α,β-unsaturated/α-hetero) is 1. The molecule has 0 saturated carbocycles. The highest BCUT2D eigenvalue weighted by Gasteiger charge is 2.39. The summed E-state index contributed by atoms with van der Waals surface area (Å²) in [6.07, 6.45) is 1.35. The highest BCUT2D eigenvalue weighted by molar-refractivity contribution is 6.01. The topological polar surface area (TPSA) is 46.9 Å². The van der Waals surface area contributed by atoms with Gasteiger partial charge in [0.1, 0.15) is 0 Å². The number of rotatable bonds is 2. The van der Waals surface area contributed by atoms with Crippen LogP contribution in [0.25, 0.3) is 11.0 Å². The van der Waals surface area contributed by atoms with Crippen molar-refractivity contribution in [2.75, 3.05) is 5.32 Å². The van der Waals surface area contributed by atoms with E-state index >= 15 is 0 Å². The molecule has 1 aromatic heterocycles. The number of allylic oxidation sites excluding steroid dienone is 2. The van der Waals surface area contributed by atoms with E-state index in [0.717, 1.165) is 40.2 Å². The van der Waals surface area contributed by atoms with Crippen LogP contribution in [0.15, 0.2) is 90.1 Å². The summed E-state index contributed by atoms with van der Waals surface area (Å²) < 4.78 is 2.19. The number of benzene rings is 3. The summed E-state index contributed by atoms with van der Waals surface area (Å²) in [6, 6.07) is 26.9. The number of para-hydroxylation sites is 2. The molecule has 3 aromatic carbocycles. The van der Waals surface area contributed by atoms with E-state index in [4.69, 9.17) is 4.98 Å². The largest absolute Gasteiger partial charge is 0.329 e. The van der Waals surface area contributed by atoms with Gasteiger partial charge in [0.05, 0.1) is 17.1 Å². The molecule has 31 heavy (non-hydrogen) atoms. The van der Waals surface area contributed by atoms with Gasteiger partial charge in [-0.05, 0) is 42.5 Å². The summed E-state index contributed by atoms with van der Waals surface area (Å²) in [7, 11) is 0. The SMILES string of the molecule is Cc1ccc([C@H]2C3=C(C[C@H](c4ccccc4)CC3=O)Nc3nc4ccccc4n32)cc1. The summed E-state index contributed by atoms with van der Waals surface area (Å²) >= 11 is 0. The molecule has 0 fully saturated rings. The Hall–Kier alpha value is -3.66. The van der Waals surface area contributed by atoms with Crippen molar-refractivity contribution in [3.05, 3.63) is 107 Å². The smallest absolute Gasteiger partial charge is 0.209 e. The molecule has 0 spiro atoms. The van der Waals surface area contributed by atoms with Gasteiger partial charge in [-0.2, -0.15) is 0 Å². The van der Waals surface area contributed by atoms with Crippen molar-refractivity contribution in [1.29, 1.82) is 0 Å². The zero-order chi connectivity index (χ0) is 20.9. The van der Waals surface area contributed by atoms with Gasteiger partial charge in [0.2, 0.25) is 5.95 Å². The molecule has 1 aliphatic carbocycles. The number of carbonyl (C=O) groups is 1. The Balaban J connectivity index is 1.54. The fraction of sp³-hybridized carbons (Fsp3) is 0.185. The first-order valence-corrected chi connectivity index (χ1v) is 10.8. The highest BCUT2D eigenvalue weighted by atomic mass is 16.1. The summed E-state index contributed by atoms with van der Waals surface area (Å²) in [5.74, 6) is 1.22. The Kier molecular flexibility index (Phi) is 4.06. The zero-order valence-electron chi connectivity index (χ0n) is 17.4. The van der Waals surface area contributed by atoms with Crippen LogP contribution in [0.4, 0.5) is 5.95 Å². The van der Waals surface area contributed by atoms with E-state index < -0.39 is 0 Å². The molecule has 0 amide bonds. The maximum absolute atomic E-state index is 13.6. The lowest BCUT2D eigenvalue weighted by Gasteiger charge is -2.36. The second-order valence-corrected chi connectivity index (χ2v) is 8.56. The maximum atomic E-state index is 13.6. The van der Waals surface area contributed by atoms with Gasteiger partial charge >= 0.3 is 0 Å². The molecular weight excluding hydrogens is 382 g/mol. The number of nitrogens with one attached hydrogen (secondary N) is 1.